The second-order valence-corrected chi connectivity index (χ2v) is 4.18. The molecular weight excluding hydrogens is 212 g/mol. The summed E-state index contributed by atoms with van der Waals surface area (Å²) >= 11 is 0. The van der Waals surface area contributed by atoms with Crippen LogP contribution in [0.5, 0.6) is 0 Å². The van der Waals surface area contributed by atoms with Crippen molar-refractivity contribution in [2.45, 2.75) is 40.1 Å². The van der Waals surface area contributed by atoms with E-state index in [1.165, 1.54) is 13.8 Å². The number of ether oxygens (including phenoxy) is 3. The Kier molecular flexibility index (Phi) is 4.29. The summed E-state index contributed by atoms with van der Waals surface area (Å²) in [5, 5.41) is 0. The van der Waals surface area contributed by atoms with E-state index in [1.807, 2.05) is 13.8 Å². The third kappa shape index (κ3) is 3.20. The molecule has 1 aliphatic heterocycles. The minimum Gasteiger partial charge on any atom is -0.460 e. The lowest BCUT2D eigenvalue weighted by Crippen LogP contribution is -2.46. The van der Waals surface area contributed by atoms with E-state index in [1.54, 1.807) is 0 Å². The van der Waals surface area contributed by atoms with E-state index in [2.05, 4.69) is 0 Å². The van der Waals surface area contributed by atoms with E-state index in [4.69, 9.17) is 14.2 Å². The highest BCUT2D eigenvalue weighted by Crippen LogP contribution is 2.29. The van der Waals surface area contributed by atoms with Gasteiger partial charge in [-0.15, -0.1) is 0 Å². The first-order valence-electron chi connectivity index (χ1n) is 5.38. The highest BCUT2D eigenvalue weighted by atomic mass is 16.7. The van der Waals surface area contributed by atoms with Crippen LogP contribution in [0.4, 0.5) is 0 Å². The lowest BCUT2D eigenvalue weighted by molar-refractivity contribution is -0.231. The highest BCUT2D eigenvalue weighted by Gasteiger charge is 2.38. The van der Waals surface area contributed by atoms with Gasteiger partial charge < -0.3 is 14.2 Å². The fourth-order valence-corrected chi connectivity index (χ4v) is 1.74. The number of carbonyl (C=O) groups is 2. The molecule has 0 bridgehead atoms. The van der Waals surface area contributed by atoms with E-state index in [0.717, 1.165) is 0 Å². The molecule has 5 heteroatoms. The van der Waals surface area contributed by atoms with Gasteiger partial charge in [0.1, 0.15) is 6.10 Å². The largest absolute Gasteiger partial charge is 0.460 e. The van der Waals surface area contributed by atoms with E-state index >= 15 is 0 Å². The summed E-state index contributed by atoms with van der Waals surface area (Å²) in [6, 6.07) is 0. The third-order valence-corrected chi connectivity index (χ3v) is 2.87. The van der Waals surface area contributed by atoms with Crippen molar-refractivity contribution in [2.24, 2.45) is 11.8 Å². The third-order valence-electron chi connectivity index (χ3n) is 2.87. The molecule has 4 atom stereocenters. The quantitative estimate of drug-likeness (QED) is 0.665. The Bertz CT molecular complexity index is 248. The maximum Gasteiger partial charge on any atom is 0.304 e. The molecule has 0 amide bonds. The summed E-state index contributed by atoms with van der Waals surface area (Å²) in [6.45, 7) is 6.85. The molecule has 0 saturated carbocycles. The average molecular weight is 230 g/mol. The maximum atomic E-state index is 10.9. The van der Waals surface area contributed by atoms with Crippen molar-refractivity contribution in [1.29, 1.82) is 0 Å². The predicted molar refractivity (Wildman–Crippen MR) is 55.4 cm³/mol. The van der Waals surface area contributed by atoms with Gasteiger partial charge in [0.25, 0.3) is 0 Å². The normalized spacial score (nSPS) is 34.2. The highest BCUT2D eigenvalue weighted by molar-refractivity contribution is 5.66. The SMILES string of the molecule is CC(=O)O[C@@H]1OC[C@@H](OC(C)=O)C(C)C1C. The van der Waals surface area contributed by atoms with Crippen LogP contribution in [0.15, 0.2) is 0 Å². The smallest absolute Gasteiger partial charge is 0.304 e. The van der Waals surface area contributed by atoms with Gasteiger partial charge in [0.15, 0.2) is 0 Å². The zero-order chi connectivity index (χ0) is 12.3. The summed E-state index contributed by atoms with van der Waals surface area (Å²) in [4.78, 5) is 21.7. The lowest BCUT2D eigenvalue weighted by atomic mass is 9.88. The molecule has 1 aliphatic rings. The van der Waals surface area contributed by atoms with Gasteiger partial charge in [-0.3, -0.25) is 9.59 Å². The molecule has 0 aliphatic carbocycles. The van der Waals surface area contributed by atoms with Crippen LogP contribution in [0.1, 0.15) is 27.7 Å². The molecule has 0 radical (unpaired) electrons. The Morgan fingerprint density at radius 1 is 1.06 bits per heavy atom. The molecule has 1 heterocycles. The maximum absolute atomic E-state index is 10.9. The second kappa shape index (κ2) is 5.30. The molecule has 0 aromatic heterocycles. The number of hydrogen-bond donors (Lipinski definition) is 0. The molecule has 16 heavy (non-hydrogen) atoms. The van der Waals surface area contributed by atoms with Crippen molar-refractivity contribution in [3.8, 4) is 0 Å². The Hall–Kier alpha value is -1.10. The summed E-state index contributed by atoms with van der Waals surface area (Å²) < 4.78 is 15.5. The van der Waals surface area contributed by atoms with Crippen molar-refractivity contribution in [3.63, 3.8) is 0 Å². The van der Waals surface area contributed by atoms with Gasteiger partial charge in [-0.1, -0.05) is 13.8 Å². The van der Waals surface area contributed by atoms with Crippen LogP contribution >= 0.6 is 0 Å². The molecule has 5 nitrogen and oxygen atoms in total. The topological polar surface area (TPSA) is 61.8 Å². The van der Waals surface area contributed by atoms with Crippen LogP contribution in [0.2, 0.25) is 0 Å². The van der Waals surface area contributed by atoms with Gasteiger partial charge in [-0.2, -0.15) is 0 Å². The minimum absolute atomic E-state index is 0.00185. The van der Waals surface area contributed by atoms with Crippen LogP contribution in [0.25, 0.3) is 0 Å². The summed E-state index contributed by atoms with van der Waals surface area (Å²) in [5.41, 5.74) is 0. The number of esters is 2. The van der Waals surface area contributed by atoms with Crippen LogP contribution in [0, 0.1) is 11.8 Å². The van der Waals surface area contributed by atoms with Gasteiger partial charge in [-0.05, 0) is 0 Å². The van der Waals surface area contributed by atoms with Crippen molar-refractivity contribution in [3.05, 3.63) is 0 Å². The van der Waals surface area contributed by atoms with Crippen LogP contribution in [-0.4, -0.2) is 30.9 Å². The number of carbonyl (C=O) groups excluding carboxylic acids is 2. The Morgan fingerprint density at radius 3 is 2.12 bits per heavy atom. The van der Waals surface area contributed by atoms with E-state index in [9.17, 15) is 9.59 Å². The molecule has 2 unspecified atom stereocenters. The van der Waals surface area contributed by atoms with Gasteiger partial charge >= 0.3 is 11.9 Å². The van der Waals surface area contributed by atoms with Gasteiger partial charge in [0, 0.05) is 25.7 Å². The Balaban J connectivity index is 2.57. The first-order chi connectivity index (χ1) is 7.41. The fourth-order valence-electron chi connectivity index (χ4n) is 1.74. The summed E-state index contributed by atoms with van der Waals surface area (Å²) in [5.74, 6) is -0.586. The number of hydrogen-bond acceptors (Lipinski definition) is 5. The fraction of sp³-hybridized carbons (Fsp3) is 0.818. The second-order valence-electron chi connectivity index (χ2n) is 4.18. The van der Waals surface area contributed by atoms with Crippen LogP contribution in [-0.2, 0) is 23.8 Å². The molecule has 0 spiro atoms. The molecule has 0 N–H and O–H groups in total. The van der Waals surface area contributed by atoms with Crippen molar-refractivity contribution < 1.29 is 23.8 Å². The zero-order valence-electron chi connectivity index (χ0n) is 10.1. The monoisotopic (exact) mass is 230 g/mol. The molecule has 0 aromatic carbocycles. The Labute approximate surface area is 95.0 Å². The van der Waals surface area contributed by atoms with Gasteiger partial charge in [-0.25, -0.2) is 0 Å². The van der Waals surface area contributed by atoms with Crippen LogP contribution < -0.4 is 0 Å². The molecule has 1 fully saturated rings. The summed E-state index contributed by atoms with van der Waals surface area (Å²) in [7, 11) is 0. The average Bonchev–Trinajstić information content (AvgIpc) is 2.16. The first kappa shape index (κ1) is 13.0. The van der Waals surface area contributed by atoms with E-state index < -0.39 is 6.29 Å². The predicted octanol–water partition coefficient (Wildman–Crippen LogP) is 1.11. The first-order valence-corrected chi connectivity index (χ1v) is 5.38. The van der Waals surface area contributed by atoms with Gasteiger partial charge in [0.2, 0.25) is 6.29 Å². The molecule has 0 aromatic rings. The van der Waals surface area contributed by atoms with Crippen molar-refractivity contribution >= 4 is 11.9 Å². The molecule has 1 saturated heterocycles. The molecule has 92 valence electrons. The standard InChI is InChI=1S/C11H18O5/c1-6-7(2)11(16-9(4)13)14-5-10(6)15-8(3)12/h6-7,10-11H,5H2,1-4H3/t6?,7?,10-,11+/m1/s1. The van der Waals surface area contributed by atoms with E-state index in [-0.39, 0.29) is 36.5 Å². The van der Waals surface area contributed by atoms with E-state index in [0.29, 0.717) is 0 Å². The van der Waals surface area contributed by atoms with Crippen molar-refractivity contribution in [2.75, 3.05) is 6.61 Å². The summed E-state index contributed by atoms with van der Waals surface area (Å²) in [6.07, 6.45) is -0.807. The van der Waals surface area contributed by atoms with Crippen molar-refractivity contribution in [1.82, 2.24) is 0 Å². The zero-order valence-corrected chi connectivity index (χ0v) is 10.1. The number of rotatable bonds is 2. The minimum atomic E-state index is -0.542. The molecule has 1 rings (SSSR count). The van der Waals surface area contributed by atoms with Crippen LogP contribution in [0.3, 0.4) is 0 Å². The lowest BCUT2D eigenvalue weighted by Gasteiger charge is -2.38. The van der Waals surface area contributed by atoms with Gasteiger partial charge in [0.05, 0.1) is 6.61 Å². The Morgan fingerprint density at radius 2 is 1.62 bits per heavy atom. The molecular formula is C11H18O5.